The van der Waals surface area contributed by atoms with Crippen molar-refractivity contribution in [2.24, 2.45) is 7.05 Å². The Morgan fingerprint density at radius 2 is 1.90 bits per heavy atom. The van der Waals surface area contributed by atoms with E-state index in [0.717, 1.165) is 5.56 Å². The summed E-state index contributed by atoms with van der Waals surface area (Å²) in [5.74, 6) is 1.33. The average Bonchev–Trinajstić information content (AvgIpc) is 2.49. The number of aliphatic hydroxyl groups excluding tert-OH is 1. The first-order valence-corrected chi connectivity index (χ1v) is 6.14. The number of ether oxygens (including phenoxy) is 2. The van der Waals surface area contributed by atoms with E-state index in [-0.39, 0.29) is 12.2 Å². The highest BCUT2D eigenvalue weighted by Gasteiger charge is 2.12. The Kier molecular flexibility index (Phi) is 4.10. The lowest BCUT2D eigenvalue weighted by atomic mass is 10.1. The molecule has 0 aliphatic rings. The van der Waals surface area contributed by atoms with E-state index in [2.05, 4.69) is 0 Å². The van der Waals surface area contributed by atoms with Gasteiger partial charge < -0.3 is 19.1 Å². The lowest BCUT2D eigenvalue weighted by Gasteiger charge is -2.14. The monoisotopic (exact) mass is 275 g/mol. The summed E-state index contributed by atoms with van der Waals surface area (Å²) in [6, 6.07) is 8.80. The van der Waals surface area contributed by atoms with Crippen molar-refractivity contribution in [3.05, 3.63) is 46.2 Å². The molecule has 5 heteroatoms. The summed E-state index contributed by atoms with van der Waals surface area (Å²) in [5, 5.41) is 9.13. The van der Waals surface area contributed by atoms with Crippen LogP contribution in [0.5, 0.6) is 11.5 Å². The number of rotatable bonds is 4. The third-order valence-corrected chi connectivity index (χ3v) is 3.24. The van der Waals surface area contributed by atoms with Gasteiger partial charge in [-0.05, 0) is 30.3 Å². The topological polar surface area (TPSA) is 60.7 Å². The number of aliphatic hydroxyl groups is 1. The van der Waals surface area contributed by atoms with Gasteiger partial charge in [-0.15, -0.1) is 0 Å². The molecule has 0 saturated carbocycles. The summed E-state index contributed by atoms with van der Waals surface area (Å²) < 4.78 is 12.0. The number of nitrogens with zero attached hydrogens (tertiary/aromatic N) is 1. The normalized spacial score (nSPS) is 10.4. The molecule has 1 N–H and O–H groups in total. The zero-order valence-electron chi connectivity index (χ0n) is 11.7. The fourth-order valence-electron chi connectivity index (χ4n) is 2.09. The summed E-state index contributed by atoms with van der Waals surface area (Å²) in [5.41, 5.74) is 1.59. The molecular weight excluding hydrogens is 258 g/mol. The molecule has 0 saturated heterocycles. The van der Waals surface area contributed by atoms with Crippen LogP contribution in [0.1, 0.15) is 5.56 Å². The molecule has 0 aliphatic carbocycles. The van der Waals surface area contributed by atoms with Crippen LogP contribution >= 0.6 is 0 Å². The minimum atomic E-state index is -0.276. The molecule has 0 bridgehead atoms. The predicted octanol–water partition coefficient (Wildman–Crippen LogP) is 1.56. The van der Waals surface area contributed by atoms with Crippen LogP contribution in [0.3, 0.4) is 0 Å². The zero-order chi connectivity index (χ0) is 14.7. The van der Waals surface area contributed by atoms with Gasteiger partial charge in [0.2, 0.25) is 0 Å². The SMILES string of the molecule is COc1ccc(OC)c(-c2ccc(CO)c(=O)n2C)c1. The van der Waals surface area contributed by atoms with Crippen molar-refractivity contribution in [3.63, 3.8) is 0 Å². The Morgan fingerprint density at radius 1 is 1.15 bits per heavy atom. The first kappa shape index (κ1) is 14.1. The van der Waals surface area contributed by atoms with Crippen molar-refractivity contribution >= 4 is 0 Å². The largest absolute Gasteiger partial charge is 0.497 e. The molecule has 0 radical (unpaired) electrons. The molecule has 2 aromatic rings. The van der Waals surface area contributed by atoms with E-state index in [4.69, 9.17) is 14.6 Å². The van der Waals surface area contributed by atoms with Crippen LogP contribution in [0, 0.1) is 0 Å². The first-order valence-electron chi connectivity index (χ1n) is 6.14. The number of benzene rings is 1. The molecule has 20 heavy (non-hydrogen) atoms. The van der Waals surface area contributed by atoms with Crippen LogP contribution in [-0.4, -0.2) is 23.9 Å². The van der Waals surface area contributed by atoms with E-state index in [1.54, 1.807) is 45.5 Å². The molecule has 0 spiro atoms. The Balaban J connectivity index is 2.67. The summed E-state index contributed by atoms with van der Waals surface area (Å²) in [6.45, 7) is -0.276. The molecule has 0 unspecified atom stereocenters. The molecule has 0 amide bonds. The second-order valence-electron chi connectivity index (χ2n) is 4.33. The van der Waals surface area contributed by atoms with Gasteiger partial charge >= 0.3 is 0 Å². The molecule has 2 rings (SSSR count). The van der Waals surface area contributed by atoms with Gasteiger partial charge in [-0.25, -0.2) is 0 Å². The van der Waals surface area contributed by atoms with E-state index in [1.165, 1.54) is 4.57 Å². The molecular formula is C15H17NO4. The average molecular weight is 275 g/mol. The first-order chi connectivity index (χ1) is 9.62. The fourth-order valence-corrected chi connectivity index (χ4v) is 2.09. The fraction of sp³-hybridized carbons (Fsp3) is 0.267. The molecule has 0 aliphatic heterocycles. The summed E-state index contributed by atoms with van der Waals surface area (Å²) in [6.07, 6.45) is 0. The van der Waals surface area contributed by atoms with Gasteiger partial charge in [0.25, 0.3) is 5.56 Å². The molecule has 1 heterocycles. The Bertz CT molecular complexity index is 676. The van der Waals surface area contributed by atoms with Crippen molar-refractivity contribution in [2.75, 3.05) is 14.2 Å². The third kappa shape index (κ3) is 2.40. The lowest BCUT2D eigenvalue weighted by molar-refractivity contribution is 0.279. The number of hydrogen-bond donors (Lipinski definition) is 1. The van der Waals surface area contributed by atoms with Gasteiger partial charge in [0, 0.05) is 18.2 Å². The molecule has 5 nitrogen and oxygen atoms in total. The standard InChI is InChI=1S/C15H17NO4/c1-16-13(6-4-10(9-17)15(16)18)12-8-11(19-2)5-7-14(12)20-3/h4-8,17H,9H2,1-3H3. The van der Waals surface area contributed by atoms with Crippen molar-refractivity contribution in [3.8, 4) is 22.8 Å². The molecule has 106 valence electrons. The minimum Gasteiger partial charge on any atom is -0.497 e. The van der Waals surface area contributed by atoms with Gasteiger partial charge in [0.15, 0.2) is 0 Å². The van der Waals surface area contributed by atoms with Gasteiger partial charge in [0.05, 0.1) is 26.5 Å². The van der Waals surface area contributed by atoms with Crippen molar-refractivity contribution in [1.82, 2.24) is 4.57 Å². The van der Waals surface area contributed by atoms with Gasteiger partial charge in [-0.2, -0.15) is 0 Å². The summed E-state index contributed by atoms with van der Waals surface area (Å²) in [4.78, 5) is 12.1. The second-order valence-corrected chi connectivity index (χ2v) is 4.33. The van der Waals surface area contributed by atoms with Crippen molar-refractivity contribution in [1.29, 1.82) is 0 Å². The number of aromatic nitrogens is 1. The quantitative estimate of drug-likeness (QED) is 0.920. The van der Waals surface area contributed by atoms with E-state index in [1.807, 2.05) is 6.07 Å². The van der Waals surface area contributed by atoms with E-state index in [0.29, 0.717) is 22.8 Å². The van der Waals surface area contributed by atoms with Crippen LogP contribution in [0.4, 0.5) is 0 Å². The number of pyridine rings is 1. The lowest BCUT2D eigenvalue weighted by Crippen LogP contribution is -2.22. The van der Waals surface area contributed by atoms with E-state index < -0.39 is 0 Å². The predicted molar refractivity (Wildman–Crippen MR) is 76.1 cm³/mol. The van der Waals surface area contributed by atoms with Crippen LogP contribution < -0.4 is 15.0 Å². The van der Waals surface area contributed by atoms with Crippen molar-refractivity contribution in [2.45, 2.75) is 6.61 Å². The zero-order valence-corrected chi connectivity index (χ0v) is 11.7. The minimum absolute atomic E-state index is 0.227. The van der Waals surface area contributed by atoms with E-state index >= 15 is 0 Å². The summed E-state index contributed by atoms with van der Waals surface area (Å²) in [7, 11) is 4.82. The summed E-state index contributed by atoms with van der Waals surface area (Å²) >= 11 is 0. The second kappa shape index (κ2) is 5.79. The molecule has 0 fully saturated rings. The Labute approximate surface area is 117 Å². The Morgan fingerprint density at radius 3 is 2.50 bits per heavy atom. The smallest absolute Gasteiger partial charge is 0.256 e. The highest BCUT2D eigenvalue weighted by Crippen LogP contribution is 2.32. The maximum atomic E-state index is 12.1. The highest BCUT2D eigenvalue weighted by molar-refractivity contribution is 5.69. The maximum absolute atomic E-state index is 12.1. The van der Waals surface area contributed by atoms with Crippen LogP contribution in [0.25, 0.3) is 11.3 Å². The third-order valence-electron chi connectivity index (χ3n) is 3.24. The van der Waals surface area contributed by atoms with E-state index in [9.17, 15) is 4.79 Å². The number of hydrogen-bond acceptors (Lipinski definition) is 4. The van der Waals surface area contributed by atoms with Gasteiger partial charge in [-0.1, -0.05) is 0 Å². The van der Waals surface area contributed by atoms with Crippen LogP contribution in [0.15, 0.2) is 35.1 Å². The van der Waals surface area contributed by atoms with Gasteiger partial charge in [-0.3, -0.25) is 4.79 Å². The van der Waals surface area contributed by atoms with Gasteiger partial charge in [0.1, 0.15) is 11.5 Å². The van der Waals surface area contributed by atoms with Crippen LogP contribution in [0.2, 0.25) is 0 Å². The molecule has 0 atom stereocenters. The van der Waals surface area contributed by atoms with Crippen LogP contribution in [-0.2, 0) is 13.7 Å². The number of methoxy groups -OCH3 is 2. The Hall–Kier alpha value is -2.27. The highest BCUT2D eigenvalue weighted by atomic mass is 16.5. The molecule has 1 aromatic heterocycles. The maximum Gasteiger partial charge on any atom is 0.256 e. The molecule has 1 aromatic carbocycles. The van der Waals surface area contributed by atoms with Crippen molar-refractivity contribution < 1.29 is 14.6 Å².